The second-order valence-electron chi connectivity index (χ2n) is 4.40. The maximum atomic E-state index is 11.1. The predicted molar refractivity (Wildman–Crippen MR) is 69.0 cm³/mol. The van der Waals surface area contributed by atoms with E-state index >= 15 is 0 Å². The molecule has 5 heteroatoms. The van der Waals surface area contributed by atoms with Crippen LogP contribution in [0.4, 0.5) is 0 Å². The first-order chi connectivity index (χ1) is 7.22. The van der Waals surface area contributed by atoms with Gasteiger partial charge in [0.25, 0.3) is 0 Å². The van der Waals surface area contributed by atoms with Gasteiger partial charge in [-0.25, -0.2) is 0 Å². The second kappa shape index (κ2) is 8.79. The fraction of sp³-hybridized carbons (Fsp3) is 0.909. The van der Waals surface area contributed by atoms with Crippen LogP contribution in [0.3, 0.4) is 0 Å². The Bertz CT molecular complexity index is 196. The van der Waals surface area contributed by atoms with Crippen LogP contribution in [0.25, 0.3) is 0 Å². The molecule has 1 heterocycles. The van der Waals surface area contributed by atoms with Crippen LogP contribution >= 0.6 is 12.4 Å². The number of carbonyl (C=O) groups is 1. The highest BCUT2D eigenvalue weighted by atomic mass is 35.5. The molecular weight excluding hydrogens is 226 g/mol. The molecule has 96 valence electrons. The third-order valence-electron chi connectivity index (χ3n) is 2.97. The maximum Gasteiger partial charge on any atom is 0.221 e. The van der Waals surface area contributed by atoms with E-state index in [0.717, 1.165) is 25.6 Å². The highest BCUT2D eigenvalue weighted by Gasteiger charge is 2.14. The van der Waals surface area contributed by atoms with Crippen molar-refractivity contribution in [2.75, 3.05) is 40.3 Å². The SMILES string of the molecule is CNC(=O)CCN(C)CC1CCCNC1.Cl. The summed E-state index contributed by atoms with van der Waals surface area (Å²) in [7, 11) is 3.78. The van der Waals surface area contributed by atoms with Crippen LogP contribution in [-0.4, -0.2) is 51.1 Å². The standard InChI is InChI=1S/C11H23N3O.ClH/c1-12-11(15)5-7-14(2)9-10-4-3-6-13-8-10;/h10,13H,3-9H2,1-2H3,(H,12,15);1H. The Kier molecular flexibility index (Phi) is 8.61. The van der Waals surface area contributed by atoms with Crippen molar-refractivity contribution in [1.29, 1.82) is 0 Å². The molecule has 1 atom stereocenters. The lowest BCUT2D eigenvalue weighted by Gasteiger charge is -2.27. The number of piperidine rings is 1. The third kappa shape index (κ3) is 6.30. The molecule has 1 fully saturated rings. The van der Waals surface area contributed by atoms with Crippen molar-refractivity contribution in [1.82, 2.24) is 15.5 Å². The molecule has 16 heavy (non-hydrogen) atoms. The molecule has 1 aliphatic heterocycles. The maximum absolute atomic E-state index is 11.1. The second-order valence-corrected chi connectivity index (χ2v) is 4.40. The summed E-state index contributed by atoms with van der Waals surface area (Å²) in [4.78, 5) is 13.3. The quantitative estimate of drug-likeness (QED) is 0.745. The molecule has 2 N–H and O–H groups in total. The predicted octanol–water partition coefficient (Wildman–Crippen LogP) is 0.476. The molecule has 0 aliphatic carbocycles. The zero-order chi connectivity index (χ0) is 11.1. The Hall–Kier alpha value is -0.320. The minimum atomic E-state index is 0. The van der Waals surface area contributed by atoms with E-state index in [1.165, 1.54) is 19.4 Å². The molecule has 0 aromatic carbocycles. The summed E-state index contributed by atoms with van der Waals surface area (Å²) in [6.45, 7) is 4.25. The summed E-state index contributed by atoms with van der Waals surface area (Å²) >= 11 is 0. The summed E-state index contributed by atoms with van der Waals surface area (Å²) in [5.74, 6) is 0.886. The van der Waals surface area contributed by atoms with Crippen molar-refractivity contribution in [3.05, 3.63) is 0 Å². The number of hydrogen-bond acceptors (Lipinski definition) is 3. The van der Waals surface area contributed by atoms with E-state index in [2.05, 4.69) is 22.6 Å². The van der Waals surface area contributed by atoms with Crippen LogP contribution in [0.1, 0.15) is 19.3 Å². The highest BCUT2D eigenvalue weighted by molar-refractivity contribution is 5.85. The van der Waals surface area contributed by atoms with E-state index in [1.807, 2.05) is 0 Å². The molecule has 0 spiro atoms. The number of nitrogens with zero attached hydrogens (tertiary/aromatic N) is 1. The number of halogens is 1. The fourth-order valence-electron chi connectivity index (χ4n) is 2.03. The molecule has 1 saturated heterocycles. The van der Waals surface area contributed by atoms with Crippen LogP contribution in [0.15, 0.2) is 0 Å². The largest absolute Gasteiger partial charge is 0.359 e. The third-order valence-corrected chi connectivity index (χ3v) is 2.97. The number of amides is 1. The molecule has 0 aromatic rings. The van der Waals surface area contributed by atoms with Gasteiger partial charge in [0.05, 0.1) is 0 Å². The molecule has 4 nitrogen and oxygen atoms in total. The monoisotopic (exact) mass is 249 g/mol. The molecular formula is C11H24ClN3O. The van der Waals surface area contributed by atoms with Gasteiger partial charge in [0, 0.05) is 26.6 Å². The Balaban J connectivity index is 0.00000225. The van der Waals surface area contributed by atoms with E-state index in [-0.39, 0.29) is 18.3 Å². The summed E-state index contributed by atoms with van der Waals surface area (Å²) in [5.41, 5.74) is 0. The molecule has 0 saturated carbocycles. The van der Waals surface area contributed by atoms with Gasteiger partial charge in [-0.15, -0.1) is 12.4 Å². The van der Waals surface area contributed by atoms with Crippen molar-refractivity contribution in [2.45, 2.75) is 19.3 Å². The van der Waals surface area contributed by atoms with Crippen LogP contribution in [0.2, 0.25) is 0 Å². The number of hydrogen-bond donors (Lipinski definition) is 2. The zero-order valence-electron chi connectivity index (χ0n) is 10.3. The smallest absolute Gasteiger partial charge is 0.221 e. The van der Waals surface area contributed by atoms with Gasteiger partial charge in [-0.1, -0.05) is 0 Å². The summed E-state index contributed by atoms with van der Waals surface area (Å²) in [6, 6.07) is 0. The van der Waals surface area contributed by atoms with Gasteiger partial charge in [0.2, 0.25) is 5.91 Å². The van der Waals surface area contributed by atoms with Crippen LogP contribution in [0.5, 0.6) is 0 Å². The normalized spacial score (nSPS) is 20.3. The van der Waals surface area contributed by atoms with Crippen molar-refractivity contribution >= 4 is 18.3 Å². The minimum absolute atomic E-state index is 0. The Morgan fingerprint density at radius 1 is 1.56 bits per heavy atom. The Morgan fingerprint density at radius 3 is 2.88 bits per heavy atom. The average molecular weight is 250 g/mol. The topological polar surface area (TPSA) is 44.4 Å². The van der Waals surface area contributed by atoms with E-state index in [1.54, 1.807) is 7.05 Å². The molecule has 1 amide bonds. The molecule has 1 unspecified atom stereocenters. The first-order valence-electron chi connectivity index (χ1n) is 5.82. The zero-order valence-corrected chi connectivity index (χ0v) is 11.1. The van der Waals surface area contributed by atoms with Crippen LogP contribution in [0, 0.1) is 5.92 Å². The van der Waals surface area contributed by atoms with E-state index in [9.17, 15) is 4.79 Å². The Morgan fingerprint density at radius 2 is 2.31 bits per heavy atom. The summed E-state index contributed by atoms with van der Waals surface area (Å²) in [5, 5.41) is 6.06. The summed E-state index contributed by atoms with van der Waals surface area (Å²) < 4.78 is 0. The number of rotatable bonds is 5. The van der Waals surface area contributed by atoms with Crippen molar-refractivity contribution in [3.8, 4) is 0 Å². The molecule has 0 radical (unpaired) electrons. The number of nitrogens with one attached hydrogen (secondary N) is 2. The van der Waals surface area contributed by atoms with Crippen LogP contribution < -0.4 is 10.6 Å². The van der Waals surface area contributed by atoms with Gasteiger partial charge in [0.15, 0.2) is 0 Å². The lowest BCUT2D eigenvalue weighted by molar-refractivity contribution is -0.120. The van der Waals surface area contributed by atoms with Gasteiger partial charge in [0.1, 0.15) is 0 Å². The fourth-order valence-corrected chi connectivity index (χ4v) is 2.03. The van der Waals surface area contributed by atoms with Gasteiger partial charge in [-0.3, -0.25) is 4.79 Å². The average Bonchev–Trinajstić information content (AvgIpc) is 2.27. The highest BCUT2D eigenvalue weighted by Crippen LogP contribution is 2.10. The molecule has 0 aromatic heterocycles. The Labute approximate surface area is 105 Å². The molecule has 1 rings (SSSR count). The minimum Gasteiger partial charge on any atom is -0.359 e. The molecule has 0 bridgehead atoms. The van der Waals surface area contributed by atoms with Gasteiger partial charge < -0.3 is 15.5 Å². The summed E-state index contributed by atoms with van der Waals surface area (Å²) in [6.07, 6.45) is 3.21. The van der Waals surface area contributed by atoms with Crippen molar-refractivity contribution < 1.29 is 4.79 Å². The van der Waals surface area contributed by atoms with Gasteiger partial charge >= 0.3 is 0 Å². The molecule has 1 aliphatic rings. The first kappa shape index (κ1) is 15.7. The van der Waals surface area contributed by atoms with Gasteiger partial charge in [-0.2, -0.15) is 0 Å². The lowest BCUT2D eigenvalue weighted by atomic mass is 9.99. The first-order valence-corrected chi connectivity index (χ1v) is 5.82. The van der Waals surface area contributed by atoms with Crippen LogP contribution in [-0.2, 0) is 4.79 Å². The number of carbonyl (C=O) groups excluding carboxylic acids is 1. The van der Waals surface area contributed by atoms with Gasteiger partial charge in [-0.05, 0) is 38.9 Å². The van der Waals surface area contributed by atoms with Crippen molar-refractivity contribution in [3.63, 3.8) is 0 Å². The van der Waals surface area contributed by atoms with E-state index in [0.29, 0.717) is 6.42 Å². The van der Waals surface area contributed by atoms with E-state index < -0.39 is 0 Å². The van der Waals surface area contributed by atoms with Crippen molar-refractivity contribution in [2.24, 2.45) is 5.92 Å². The lowest BCUT2D eigenvalue weighted by Crippen LogP contribution is -2.37. The van der Waals surface area contributed by atoms with E-state index in [4.69, 9.17) is 0 Å².